The number of hydrogen-bond donors (Lipinski definition) is 1. The Morgan fingerprint density at radius 3 is 2.22 bits per heavy atom. The minimum Gasteiger partial charge on any atom is -0.354 e. The molecule has 1 aliphatic heterocycles. The molecule has 5 nitrogen and oxygen atoms in total. The zero-order valence-corrected chi connectivity index (χ0v) is 14.8. The molecule has 1 atom stereocenters. The molecule has 6 heteroatoms. The first-order valence-corrected chi connectivity index (χ1v) is 10.9. The van der Waals surface area contributed by atoms with Gasteiger partial charge in [-0.2, -0.15) is 4.31 Å². The van der Waals surface area contributed by atoms with Crippen LogP contribution in [0, 0.1) is 23.2 Å². The van der Waals surface area contributed by atoms with E-state index in [9.17, 15) is 13.2 Å². The van der Waals surface area contributed by atoms with Gasteiger partial charge in [-0.05, 0) is 74.5 Å². The van der Waals surface area contributed by atoms with Crippen LogP contribution in [-0.2, 0) is 14.8 Å². The summed E-state index contributed by atoms with van der Waals surface area (Å²) in [5.41, 5.74) is 0.304. The second-order valence-electron chi connectivity index (χ2n) is 8.67. The highest BCUT2D eigenvalue weighted by atomic mass is 32.2. The maximum atomic E-state index is 12.6. The van der Waals surface area contributed by atoms with E-state index in [0.717, 1.165) is 30.7 Å². The number of nitrogens with one attached hydrogen (secondary N) is 1. The second kappa shape index (κ2) is 5.45. The third-order valence-corrected chi connectivity index (χ3v) is 8.02. The number of carbonyl (C=O) groups excluding carboxylic acids is 1. The van der Waals surface area contributed by atoms with Crippen molar-refractivity contribution in [1.82, 2.24) is 9.62 Å². The molecule has 1 heterocycles. The lowest BCUT2D eigenvalue weighted by Crippen LogP contribution is -2.53. The molecule has 0 aromatic heterocycles. The van der Waals surface area contributed by atoms with Crippen molar-refractivity contribution in [3.63, 3.8) is 0 Å². The summed E-state index contributed by atoms with van der Waals surface area (Å²) in [4.78, 5) is 12.6. The topological polar surface area (TPSA) is 66.5 Å². The lowest BCUT2D eigenvalue weighted by molar-refractivity contribution is -0.126. The van der Waals surface area contributed by atoms with Crippen molar-refractivity contribution in [2.75, 3.05) is 19.3 Å². The third-order valence-electron chi connectivity index (χ3n) is 6.74. The predicted molar refractivity (Wildman–Crippen MR) is 88.2 cm³/mol. The third kappa shape index (κ3) is 2.93. The van der Waals surface area contributed by atoms with Crippen LogP contribution >= 0.6 is 0 Å². The molecule has 4 bridgehead atoms. The number of nitrogens with zero attached hydrogens (tertiary/aromatic N) is 1. The SMILES string of the molecule is CS(=O)(=O)N1CCCC1C(=O)NCC12CC3CC(CC(C3)C1)C2. The fourth-order valence-electron chi connectivity index (χ4n) is 6.30. The summed E-state index contributed by atoms with van der Waals surface area (Å²) in [5, 5.41) is 3.14. The Bertz CT molecular complexity index is 566. The van der Waals surface area contributed by atoms with Crippen molar-refractivity contribution < 1.29 is 13.2 Å². The molecule has 23 heavy (non-hydrogen) atoms. The van der Waals surface area contributed by atoms with Gasteiger partial charge in [-0.15, -0.1) is 0 Å². The van der Waals surface area contributed by atoms with E-state index in [1.165, 1.54) is 49.1 Å². The molecule has 1 saturated heterocycles. The monoisotopic (exact) mass is 340 g/mol. The zero-order valence-electron chi connectivity index (χ0n) is 14.0. The van der Waals surface area contributed by atoms with Crippen molar-refractivity contribution in [2.24, 2.45) is 23.2 Å². The summed E-state index contributed by atoms with van der Waals surface area (Å²) in [5.74, 6) is 2.54. The maximum absolute atomic E-state index is 12.6. The molecule has 1 amide bonds. The fraction of sp³-hybridized carbons (Fsp3) is 0.941. The predicted octanol–water partition coefficient (Wildman–Crippen LogP) is 1.74. The van der Waals surface area contributed by atoms with Crippen LogP contribution in [0.1, 0.15) is 51.4 Å². The van der Waals surface area contributed by atoms with Crippen LogP contribution in [0.4, 0.5) is 0 Å². The Morgan fingerprint density at radius 2 is 1.70 bits per heavy atom. The van der Waals surface area contributed by atoms with Crippen LogP contribution in [-0.4, -0.2) is 44.0 Å². The van der Waals surface area contributed by atoms with Gasteiger partial charge in [0.15, 0.2) is 0 Å². The quantitative estimate of drug-likeness (QED) is 0.848. The largest absolute Gasteiger partial charge is 0.354 e. The van der Waals surface area contributed by atoms with Gasteiger partial charge in [0.2, 0.25) is 15.9 Å². The van der Waals surface area contributed by atoms with Crippen LogP contribution in [0.25, 0.3) is 0 Å². The van der Waals surface area contributed by atoms with Crippen LogP contribution in [0.2, 0.25) is 0 Å². The summed E-state index contributed by atoms with van der Waals surface area (Å²) in [6, 6.07) is -0.487. The first-order valence-electron chi connectivity index (χ1n) is 9.09. The number of hydrogen-bond acceptors (Lipinski definition) is 3. The van der Waals surface area contributed by atoms with E-state index in [1.807, 2.05) is 0 Å². The molecule has 0 aromatic rings. The molecule has 0 radical (unpaired) electrons. The van der Waals surface area contributed by atoms with Gasteiger partial charge >= 0.3 is 0 Å². The smallest absolute Gasteiger partial charge is 0.238 e. The van der Waals surface area contributed by atoms with Crippen molar-refractivity contribution in [3.05, 3.63) is 0 Å². The highest BCUT2D eigenvalue weighted by Crippen LogP contribution is 2.59. The number of carbonyl (C=O) groups is 1. The van der Waals surface area contributed by atoms with Crippen molar-refractivity contribution in [3.8, 4) is 0 Å². The summed E-state index contributed by atoms with van der Waals surface area (Å²) in [7, 11) is -3.29. The molecule has 1 unspecified atom stereocenters. The Hall–Kier alpha value is -0.620. The van der Waals surface area contributed by atoms with Gasteiger partial charge in [-0.3, -0.25) is 4.79 Å². The van der Waals surface area contributed by atoms with Gasteiger partial charge in [-0.25, -0.2) is 8.42 Å². The number of amides is 1. The van der Waals surface area contributed by atoms with E-state index in [-0.39, 0.29) is 5.91 Å². The maximum Gasteiger partial charge on any atom is 0.238 e. The van der Waals surface area contributed by atoms with Gasteiger partial charge in [0.1, 0.15) is 6.04 Å². The molecule has 1 N–H and O–H groups in total. The summed E-state index contributed by atoms with van der Waals surface area (Å²) < 4.78 is 25.0. The molecule has 130 valence electrons. The molecule has 4 saturated carbocycles. The number of rotatable bonds is 4. The normalized spacial score (nSPS) is 43.0. The van der Waals surface area contributed by atoms with Gasteiger partial charge in [0.05, 0.1) is 6.26 Å². The average molecular weight is 340 g/mol. The Morgan fingerprint density at radius 1 is 1.13 bits per heavy atom. The Labute approximate surface area is 139 Å². The standard InChI is InChI=1S/C17H28N2O3S/c1-23(21,22)19-4-2-3-15(19)16(20)18-11-17-8-12-5-13(9-17)7-14(6-12)10-17/h12-15H,2-11H2,1H3,(H,18,20). The highest BCUT2D eigenvalue weighted by molar-refractivity contribution is 7.88. The Kier molecular flexibility index (Phi) is 3.76. The molecule has 5 rings (SSSR count). The van der Waals surface area contributed by atoms with Gasteiger partial charge in [0, 0.05) is 13.1 Å². The Balaban J connectivity index is 1.40. The zero-order chi connectivity index (χ0) is 16.2. The van der Waals surface area contributed by atoms with E-state index in [0.29, 0.717) is 18.4 Å². The van der Waals surface area contributed by atoms with Crippen molar-refractivity contribution in [2.45, 2.75) is 57.4 Å². The van der Waals surface area contributed by atoms with E-state index >= 15 is 0 Å². The van der Waals surface area contributed by atoms with E-state index in [1.54, 1.807) is 0 Å². The fourth-order valence-corrected chi connectivity index (χ4v) is 7.42. The van der Waals surface area contributed by atoms with Crippen LogP contribution in [0.15, 0.2) is 0 Å². The summed E-state index contributed by atoms with van der Waals surface area (Å²) >= 11 is 0. The second-order valence-corrected chi connectivity index (χ2v) is 10.6. The molecule has 0 spiro atoms. The van der Waals surface area contributed by atoms with E-state index < -0.39 is 16.1 Å². The summed E-state index contributed by atoms with van der Waals surface area (Å²) in [6.07, 6.45) is 10.6. The molecule has 4 aliphatic carbocycles. The van der Waals surface area contributed by atoms with Gasteiger partial charge in [0.25, 0.3) is 0 Å². The molecular formula is C17H28N2O3S. The van der Waals surface area contributed by atoms with Crippen LogP contribution in [0.5, 0.6) is 0 Å². The van der Waals surface area contributed by atoms with E-state index in [2.05, 4.69) is 5.32 Å². The first-order chi connectivity index (χ1) is 10.8. The van der Waals surface area contributed by atoms with Crippen molar-refractivity contribution in [1.29, 1.82) is 0 Å². The highest BCUT2D eigenvalue weighted by Gasteiger charge is 2.51. The number of sulfonamides is 1. The van der Waals surface area contributed by atoms with Gasteiger partial charge in [-0.1, -0.05) is 0 Å². The van der Waals surface area contributed by atoms with Crippen molar-refractivity contribution >= 4 is 15.9 Å². The molecule has 5 aliphatic rings. The van der Waals surface area contributed by atoms with E-state index in [4.69, 9.17) is 0 Å². The first kappa shape index (κ1) is 15.9. The summed E-state index contributed by atoms with van der Waals surface area (Å²) in [6.45, 7) is 1.23. The average Bonchev–Trinajstić information content (AvgIpc) is 2.93. The lowest BCUT2D eigenvalue weighted by atomic mass is 9.49. The molecule has 5 fully saturated rings. The van der Waals surface area contributed by atoms with Gasteiger partial charge < -0.3 is 5.32 Å². The van der Waals surface area contributed by atoms with Crippen LogP contribution < -0.4 is 5.32 Å². The van der Waals surface area contributed by atoms with Crippen LogP contribution in [0.3, 0.4) is 0 Å². The minimum atomic E-state index is -3.29. The lowest BCUT2D eigenvalue weighted by Gasteiger charge is -2.57. The molecule has 0 aromatic carbocycles. The minimum absolute atomic E-state index is 0.0799. The molecular weight excluding hydrogens is 312 g/mol.